The Hall–Kier alpha value is -0.170. The predicted octanol–water partition coefficient (Wildman–Crippen LogP) is 1.21. The topological polar surface area (TPSA) is 58.6 Å². The molecule has 2 heterocycles. The molecule has 0 aromatic carbocycles. The van der Waals surface area contributed by atoms with E-state index >= 15 is 0 Å². The van der Waals surface area contributed by atoms with Crippen molar-refractivity contribution >= 4 is 10.0 Å². The Morgan fingerprint density at radius 1 is 1.20 bits per heavy atom. The Balaban J connectivity index is 1.75. The summed E-state index contributed by atoms with van der Waals surface area (Å²) in [5.41, 5.74) is 0. The van der Waals surface area contributed by atoms with E-state index in [2.05, 4.69) is 5.32 Å². The maximum atomic E-state index is 12.4. The molecule has 1 atom stereocenters. The SMILES string of the molecule is COCC1CCN(S(=O)(=O)CCC2CCCCN2)CC1. The zero-order chi connectivity index (χ0) is 14.4. The second-order valence-electron chi connectivity index (χ2n) is 6.05. The van der Waals surface area contributed by atoms with Crippen molar-refractivity contribution in [3.05, 3.63) is 0 Å². The Bertz CT molecular complexity index is 372. The molecule has 2 saturated heterocycles. The zero-order valence-electron chi connectivity index (χ0n) is 12.5. The summed E-state index contributed by atoms with van der Waals surface area (Å²) in [6.45, 7) is 3.11. The number of hydrogen-bond acceptors (Lipinski definition) is 4. The summed E-state index contributed by atoms with van der Waals surface area (Å²) in [5.74, 6) is 0.811. The summed E-state index contributed by atoms with van der Waals surface area (Å²) in [6, 6.07) is 0.393. The van der Waals surface area contributed by atoms with Crippen LogP contribution in [0, 0.1) is 5.92 Å². The van der Waals surface area contributed by atoms with Gasteiger partial charge in [-0.1, -0.05) is 6.42 Å². The maximum absolute atomic E-state index is 12.4. The second kappa shape index (κ2) is 7.73. The van der Waals surface area contributed by atoms with Crippen LogP contribution in [0.4, 0.5) is 0 Å². The van der Waals surface area contributed by atoms with Crippen molar-refractivity contribution in [1.82, 2.24) is 9.62 Å². The number of hydrogen-bond donors (Lipinski definition) is 1. The van der Waals surface area contributed by atoms with Crippen molar-refractivity contribution < 1.29 is 13.2 Å². The van der Waals surface area contributed by atoms with Gasteiger partial charge in [0.1, 0.15) is 0 Å². The molecule has 0 bridgehead atoms. The van der Waals surface area contributed by atoms with Crippen LogP contribution in [0.2, 0.25) is 0 Å². The molecule has 1 N–H and O–H groups in total. The monoisotopic (exact) mass is 304 g/mol. The Labute approximate surface area is 123 Å². The van der Waals surface area contributed by atoms with Gasteiger partial charge in [-0.15, -0.1) is 0 Å². The van der Waals surface area contributed by atoms with Gasteiger partial charge in [-0.3, -0.25) is 0 Å². The van der Waals surface area contributed by atoms with Gasteiger partial charge in [0.05, 0.1) is 5.75 Å². The van der Waals surface area contributed by atoms with Crippen molar-refractivity contribution in [3.8, 4) is 0 Å². The average molecular weight is 304 g/mol. The lowest BCUT2D eigenvalue weighted by Crippen LogP contribution is -2.42. The van der Waals surface area contributed by atoms with Crippen molar-refractivity contribution in [1.29, 1.82) is 0 Å². The predicted molar refractivity (Wildman–Crippen MR) is 80.2 cm³/mol. The molecule has 0 amide bonds. The van der Waals surface area contributed by atoms with Crippen LogP contribution in [0.3, 0.4) is 0 Å². The van der Waals surface area contributed by atoms with Gasteiger partial charge in [0, 0.05) is 32.8 Å². The first kappa shape index (κ1) is 16.2. The van der Waals surface area contributed by atoms with E-state index < -0.39 is 10.0 Å². The highest BCUT2D eigenvalue weighted by atomic mass is 32.2. The quantitative estimate of drug-likeness (QED) is 0.801. The third-order valence-corrected chi connectivity index (χ3v) is 6.41. The molecule has 1 unspecified atom stereocenters. The highest BCUT2D eigenvalue weighted by Crippen LogP contribution is 2.21. The minimum absolute atomic E-state index is 0.291. The fourth-order valence-corrected chi connectivity index (χ4v) is 4.79. The van der Waals surface area contributed by atoms with Crippen LogP contribution >= 0.6 is 0 Å². The largest absolute Gasteiger partial charge is 0.384 e. The summed E-state index contributed by atoms with van der Waals surface area (Å²) in [4.78, 5) is 0. The maximum Gasteiger partial charge on any atom is 0.214 e. The van der Waals surface area contributed by atoms with Gasteiger partial charge in [-0.05, 0) is 44.6 Å². The normalized spacial score (nSPS) is 26.8. The Kier molecular flexibility index (Phi) is 6.26. The number of ether oxygens (including phenoxy) is 1. The molecular weight excluding hydrogens is 276 g/mol. The molecular formula is C14H28N2O3S. The molecule has 118 valence electrons. The molecule has 2 rings (SSSR count). The molecule has 2 aliphatic rings. The Morgan fingerprint density at radius 3 is 2.55 bits per heavy atom. The van der Waals surface area contributed by atoms with Gasteiger partial charge in [0.15, 0.2) is 0 Å². The molecule has 2 aliphatic heterocycles. The van der Waals surface area contributed by atoms with Crippen molar-refractivity contribution in [3.63, 3.8) is 0 Å². The fraction of sp³-hybridized carbons (Fsp3) is 1.00. The third-order valence-electron chi connectivity index (χ3n) is 4.51. The Morgan fingerprint density at radius 2 is 1.95 bits per heavy atom. The van der Waals surface area contributed by atoms with Crippen LogP contribution in [0.15, 0.2) is 0 Å². The van der Waals surface area contributed by atoms with Crippen LogP contribution in [-0.4, -0.2) is 57.9 Å². The van der Waals surface area contributed by atoms with Gasteiger partial charge >= 0.3 is 0 Å². The van der Waals surface area contributed by atoms with E-state index in [0.717, 1.165) is 38.8 Å². The lowest BCUT2D eigenvalue weighted by molar-refractivity contribution is 0.121. The standard InChI is InChI=1S/C14H28N2O3S/c1-19-12-13-5-9-16(10-6-13)20(17,18)11-7-14-4-2-3-8-15-14/h13-15H,2-12H2,1H3. The average Bonchev–Trinajstić information content (AvgIpc) is 2.47. The van der Waals surface area contributed by atoms with Gasteiger partial charge in [-0.2, -0.15) is 0 Å². The smallest absolute Gasteiger partial charge is 0.214 e. The van der Waals surface area contributed by atoms with E-state index in [1.54, 1.807) is 11.4 Å². The van der Waals surface area contributed by atoms with Gasteiger partial charge in [0.25, 0.3) is 0 Å². The van der Waals surface area contributed by atoms with Crippen LogP contribution in [0.25, 0.3) is 0 Å². The minimum atomic E-state index is -3.07. The first-order chi connectivity index (χ1) is 9.62. The number of nitrogens with zero attached hydrogens (tertiary/aromatic N) is 1. The molecule has 0 saturated carbocycles. The molecule has 0 aromatic rings. The van der Waals surface area contributed by atoms with E-state index in [0.29, 0.717) is 30.8 Å². The van der Waals surface area contributed by atoms with Crippen molar-refractivity contribution in [2.75, 3.05) is 39.1 Å². The molecule has 20 heavy (non-hydrogen) atoms. The zero-order valence-corrected chi connectivity index (χ0v) is 13.3. The highest BCUT2D eigenvalue weighted by Gasteiger charge is 2.28. The van der Waals surface area contributed by atoms with Gasteiger partial charge in [0.2, 0.25) is 10.0 Å². The van der Waals surface area contributed by atoms with E-state index in [4.69, 9.17) is 4.74 Å². The van der Waals surface area contributed by atoms with Crippen LogP contribution in [-0.2, 0) is 14.8 Å². The van der Waals surface area contributed by atoms with Crippen molar-refractivity contribution in [2.24, 2.45) is 5.92 Å². The summed E-state index contributed by atoms with van der Waals surface area (Å²) in [5, 5.41) is 3.42. The molecule has 6 heteroatoms. The lowest BCUT2D eigenvalue weighted by Gasteiger charge is -2.31. The molecule has 2 fully saturated rings. The first-order valence-electron chi connectivity index (χ1n) is 7.82. The number of sulfonamides is 1. The number of methoxy groups -OCH3 is 1. The van der Waals surface area contributed by atoms with Crippen molar-refractivity contribution in [2.45, 2.75) is 44.6 Å². The second-order valence-corrected chi connectivity index (χ2v) is 8.14. The summed E-state index contributed by atoms with van der Waals surface area (Å²) < 4.78 is 31.6. The van der Waals surface area contributed by atoms with Gasteiger partial charge in [-0.25, -0.2) is 12.7 Å². The van der Waals surface area contributed by atoms with Crippen LogP contribution < -0.4 is 5.32 Å². The van der Waals surface area contributed by atoms with Gasteiger partial charge < -0.3 is 10.1 Å². The number of rotatable bonds is 6. The number of nitrogens with one attached hydrogen (secondary N) is 1. The van der Waals surface area contributed by atoms with E-state index in [1.165, 1.54) is 12.8 Å². The van der Waals surface area contributed by atoms with E-state index in [9.17, 15) is 8.42 Å². The molecule has 5 nitrogen and oxygen atoms in total. The third kappa shape index (κ3) is 4.69. The van der Waals surface area contributed by atoms with E-state index in [1.807, 2.05) is 0 Å². The minimum Gasteiger partial charge on any atom is -0.384 e. The highest BCUT2D eigenvalue weighted by molar-refractivity contribution is 7.89. The summed E-state index contributed by atoms with van der Waals surface area (Å²) in [6.07, 6.45) is 6.16. The van der Waals surface area contributed by atoms with Crippen LogP contribution in [0.1, 0.15) is 38.5 Å². The molecule has 0 aromatic heterocycles. The fourth-order valence-electron chi connectivity index (χ4n) is 3.18. The molecule has 0 spiro atoms. The van der Waals surface area contributed by atoms with E-state index in [-0.39, 0.29) is 0 Å². The summed E-state index contributed by atoms with van der Waals surface area (Å²) >= 11 is 0. The molecule has 0 aliphatic carbocycles. The number of piperidine rings is 2. The molecule has 0 radical (unpaired) electrons. The first-order valence-corrected chi connectivity index (χ1v) is 9.43. The summed E-state index contributed by atoms with van der Waals surface area (Å²) in [7, 11) is -1.36. The van der Waals surface area contributed by atoms with Crippen LogP contribution in [0.5, 0.6) is 0 Å². The lowest BCUT2D eigenvalue weighted by atomic mass is 9.99.